The van der Waals surface area contributed by atoms with Crippen LogP contribution in [-0.2, 0) is 4.79 Å². The van der Waals surface area contributed by atoms with Crippen molar-refractivity contribution < 1.29 is 9.90 Å². The highest BCUT2D eigenvalue weighted by Gasteiger charge is 2.10. The molecule has 0 unspecified atom stereocenters. The first-order valence-corrected chi connectivity index (χ1v) is 6.11. The molecule has 15 heavy (non-hydrogen) atoms. The van der Waals surface area contributed by atoms with Gasteiger partial charge in [-0.1, -0.05) is 45.6 Å². The van der Waals surface area contributed by atoms with E-state index in [4.69, 9.17) is 5.11 Å². The van der Waals surface area contributed by atoms with Crippen LogP contribution in [0.1, 0.15) is 65.7 Å². The number of hydrogen-bond donors (Lipinski definition) is 1. The molecule has 0 rings (SSSR count). The van der Waals surface area contributed by atoms with E-state index in [2.05, 4.69) is 6.92 Å². The molecular weight excluding hydrogens is 188 g/mol. The van der Waals surface area contributed by atoms with E-state index < -0.39 is 5.97 Å². The fraction of sp³-hybridized carbons (Fsp3) is 0.769. The van der Waals surface area contributed by atoms with Gasteiger partial charge in [0.15, 0.2) is 0 Å². The summed E-state index contributed by atoms with van der Waals surface area (Å²) < 4.78 is 0. The van der Waals surface area contributed by atoms with E-state index in [0.29, 0.717) is 12.0 Å². The number of carboxylic acid groups (broad SMARTS) is 1. The van der Waals surface area contributed by atoms with Crippen molar-refractivity contribution in [2.24, 2.45) is 0 Å². The molecule has 0 aromatic heterocycles. The number of rotatable bonds is 8. The molecule has 0 bridgehead atoms. The second-order valence-corrected chi connectivity index (χ2v) is 3.91. The van der Waals surface area contributed by atoms with Crippen LogP contribution in [0.5, 0.6) is 0 Å². The van der Waals surface area contributed by atoms with Gasteiger partial charge in [-0.05, 0) is 25.7 Å². The summed E-state index contributed by atoms with van der Waals surface area (Å²) in [7, 11) is 0. The number of aliphatic carboxylic acids is 1. The second kappa shape index (κ2) is 8.51. The molecule has 0 saturated carbocycles. The van der Waals surface area contributed by atoms with Gasteiger partial charge in [0.05, 0.1) is 0 Å². The molecule has 0 saturated heterocycles. The highest BCUT2D eigenvalue weighted by atomic mass is 16.4. The van der Waals surface area contributed by atoms with Gasteiger partial charge in [0.2, 0.25) is 0 Å². The standard InChI is InChI=1S/C13H24O2/c1-4-7-8-9-10-11(5-2)12(6-3)13(14)15/h4-10H2,1-3H3,(H,14,15). The van der Waals surface area contributed by atoms with Crippen molar-refractivity contribution in [1.29, 1.82) is 0 Å². The third-order valence-corrected chi connectivity index (χ3v) is 2.80. The van der Waals surface area contributed by atoms with Gasteiger partial charge >= 0.3 is 5.97 Å². The van der Waals surface area contributed by atoms with Crippen molar-refractivity contribution in [1.82, 2.24) is 0 Å². The number of allylic oxidation sites excluding steroid dienone is 1. The molecule has 2 heteroatoms. The Balaban J connectivity index is 4.25. The molecule has 0 fully saturated rings. The van der Waals surface area contributed by atoms with Crippen molar-refractivity contribution in [3.63, 3.8) is 0 Å². The van der Waals surface area contributed by atoms with Crippen LogP contribution in [0.25, 0.3) is 0 Å². The van der Waals surface area contributed by atoms with Crippen molar-refractivity contribution >= 4 is 5.97 Å². The van der Waals surface area contributed by atoms with E-state index in [1.165, 1.54) is 19.3 Å². The van der Waals surface area contributed by atoms with Crippen molar-refractivity contribution in [2.75, 3.05) is 0 Å². The van der Waals surface area contributed by atoms with Crippen LogP contribution in [-0.4, -0.2) is 11.1 Å². The van der Waals surface area contributed by atoms with Crippen LogP contribution in [0, 0.1) is 0 Å². The molecule has 0 heterocycles. The molecular formula is C13H24O2. The highest BCUT2D eigenvalue weighted by molar-refractivity contribution is 5.87. The monoisotopic (exact) mass is 212 g/mol. The van der Waals surface area contributed by atoms with Gasteiger partial charge in [0, 0.05) is 5.57 Å². The van der Waals surface area contributed by atoms with Crippen LogP contribution in [0.3, 0.4) is 0 Å². The normalized spacial score (nSPS) is 12.5. The smallest absolute Gasteiger partial charge is 0.331 e. The van der Waals surface area contributed by atoms with Crippen molar-refractivity contribution in [2.45, 2.75) is 65.7 Å². The summed E-state index contributed by atoms with van der Waals surface area (Å²) in [6.45, 7) is 6.16. The van der Waals surface area contributed by atoms with Gasteiger partial charge in [0.1, 0.15) is 0 Å². The summed E-state index contributed by atoms with van der Waals surface area (Å²) >= 11 is 0. The van der Waals surface area contributed by atoms with E-state index in [0.717, 1.165) is 24.8 Å². The van der Waals surface area contributed by atoms with Gasteiger partial charge in [-0.3, -0.25) is 0 Å². The number of carbonyl (C=O) groups is 1. The Bertz CT molecular complexity index is 217. The van der Waals surface area contributed by atoms with E-state index in [1.807, 2.05) is 13.8 Å². The fourth-order valence-corrected chi connectivity index (χ4v) is 1.86. The van der Waals surface area contributed by atoms with Crippen LogP contribution in [0.15, 0.2) is 11.1 Å². The lowest BCUT2D eigenvalue weighted by Gasteiger charge is -2.09. The molecule has 0 aliphatic heterocycles. The second-order valence-electron chi connectivity index (χ2n) is 3.91. The van der Waals surface area contributed by atoms with E-state index >= 15 is 0 Å². The third kappa shape index (κ3) is 5.60. The van der Waals surface area contributed by atoms with E-state index in [-0.39, 0.29) is 0 Å². The van der Waals surface area contributed by atoms with E-state index in [1.54, 1.807) is 0 Å². The summed E-state index contributed by atoms with van der Waals surface area (Å²) in [6, 6.07) is 0. The maximum Gasteiger partial charge on any atom is 0.331 e. The summed E-state index contributed by atoms with van der Waals surface area (Å²) in [5, 5.41) is 9.02. The van der Waals surface area contributed by atoms with Gasteiger partial charge in [0.25, 0.3) is 0 Å². The maximum absolute atomic E-state index is 11.0. The predicted octanol–water partition coefficient (Wildman–Crippen LogP) is 4.16. The lowest BCUT2D eigenvalue weighted by Crippen LogP contribution is -2.03. The highest BCUT2D eigenvalue weighted by Crippen LogP contribution is 2.19. The first kappa shape index (κ1) is 14.2. The number of hydrogen-bond acceptors (Lipinski definition) is 1. The van der Waals surface area contributed by atoms with Gasteiger partial charge in [-0.25, -0.2) is 4.79 Å². The van der Waals surface area contributed by atoms with E-state index in [9.17, 15) is 4.79 Å². The quantitative estimate of drug-likeness (QED) is 0.484. The van der Waals surface area contributed by atoms with Gasteiger partial charge in [-0.15, -0.1) is 0 Å². The lowest BCUT2D eigenvalue weighted by molar-refractivity contribution is -0.132. The molecule has 2 nitrogen and oxygen atoms in total. The first-order valence-electron chi connectivity index (χ1n) is 6.11. The number of unbranched alkanes of at least 4 members (excludes halogenated alkanes) is 3. The molecule has 0 aliphatic carbocycles. The van der Waals surface area contributed by atoms with Crippen LogP contribution in [0.2, 0.25) is 0 Å². The van der Waals surface area contributed by atoms with Crippen LogP contribution < -0.4 is 0 Å². The SMILES string of the molecule is CCCCCCC(CC)=C(CC)C(=O)O. The van der Waals surface area contributed by atoms with Gasteiger partial charge < -0.3 is 5.11 Å². The molecule has 0 spiro atoms. The molecule has 0 radical (unpaired) electrons. The average Bonchev–Trinajstić information content (AvgIpc) is 2.22. The van der Waals surface area contributed by atoms with Crippen LogP contribution in [0.4, 0.5) is 0 Å². The largest absolute Gasteiger partial charge is 0.478 e. The fourth-order valence-electron chi connectivity index (χ4n) is 1.86. The minimum atomic E-state index is -0.732. The van der Waals surface area contributed by atoms with Crippen molar-refractivity contribution in [3.05, 3.63) is 11.1 Å². The van der Waals surface area contributed by atoms with Crippen molar-refractivity contribution in [3.8, 4) is 0 Å². The molecule has 0 aliphatic rings. The minimum Gasteiger partial charge on any atom is -0.478 e. The topological polar surface area (TPSA) is 37.3 Å². The number of carboxylic acids is 1. The third-order valence-electron chi connectivity index (χ3n) is 2.80. The summed E-state index contributed by atoms with van der Waals surface area (Å²) in [6.07, 6.45) is 7.32. The van der Waals surface area contributed by atoms with Gasteiger partial charge in [-0.2, -0.15) is 0 Å². The summed E-state index contributed by atoms with van der Waals surface area (Å²) in [5.74, 6) is -0.732. The Kier molecular flexibility index (Phi) is 8.06. The first-order chi connectivity index (χ1) is 7.17. The Morgan fingerprint density at radius 2 is 1.67 bits per heavy atom. The Hall–Kier alpha value is -0.790. The Morgan fingerprint density at radius 3 is 2.07 bits per heavy atom. The molecule has 88 valence electrons. The molecule has 0 aromatic carbocycles. The summed E-state index contributed by atoms with van der Waals surface area (Å²) in [5.41, 5.74) is 1.77. The molecule has 0 amide bonds. The maximum atomic E-state index is 11.0. The molecule has 0 aromatic rings. The minimum absolute atomic E-state index is 0.633. The summed E-state index contributed by atoms with van der Waals surface area (Å²) in [4.78, 5) is 11.0. The predicted molar refractivity (Wildman–Crippen MR) is 64.0 cm³/mol. The Labute approximate surface area is 93.4 Å². The molecule has 1 N–H and O–H groups in total. The zero-order valence-electron chi connectivity index (χ0n) is 10.3. The zero-order chi connectivity index (χ0) is 11.7. The van der Waals surface area contributed by atoms with Crippen LogP contribution >= 0.6 is 0 Å². The average molecular weight is 212 g/mol. The molecule has 0 atom stereocenters. The zero-order valence-corrected chi connectivity index (χ0v) is 10.3. The lowest BCUT2D eigenvalue weighted by atomic mass is 9.97. The Morgan fingerprint density at radius 1 is 1.00 bits per heavy atom.